The number of nitrogens with one attached hydrogen (secondary N) is 1. The van der Waals surface area contributed by atoms with Crippen molar-refractivity contribution in [3.05, 3.63) is 34.3 Å². The van der Waals surface area contributed by atoms with E-state index in [1.165, 1.54) is 0 Å². The first-order valence-electron chi connectivity index (χ1n) is 5.71. The van der Waals surface area contributed by atoms with Crippen LogP contribution < -0.4 is 11.1 Å². The van der Waals surface area contributed by atoms with Gasteiger partial charge in [-0.15, -0.1) is 0 Å². The van der Waals surface area contributed by atoms with Crippen LogP contribution in [-0.4, -0.2) is 18.5 Å². The molecule has 3 N–H and O–H groups in total. The van der Waals surface area contributed by atoms with E-state index in [0.717, 1.165) is 5.56 Å². The maximum atomic E-state index is 11.9. The van der Waals surface area contributed by atoms with Gasteiger partial charge < -0.3 is 11.1 Å². The van der Waals surface area contributed by atoms with Crippen molar-refractivity contribution in [3.63, 3.8) is 0 Å². The monoisotopic (exact) mass is 254 g/mol. The van der Waals surface area contributed by atoms with E-state index < -0.39 is 0 Å². The molecule has 0 aromatic heterocycles. The maximum Gasteiger partial charge on any atom is 0.251 e. The van der Waals surface area contributed by atoms with E-state index >= 15 is 0 Å². The van der Waals surface area contributed by atoms with Gasteiger partial charge in [0.25, 0.3) is 5.91 Å². The summed E-state index contributed by atoms with van der Waals surface area (Å²) in [6.45, 7) is 6.41. The van der Waals surface area contributed by atoms with Crippen molar-refractivity contribution in [2.45, 2.75) is 26.8 Å². The summed E-state index contributed by atoms with van der Waals surface area (Å²) in [4.78, 5) is 11.9. The Kier molecular flexibility index (Phi) is 4.97. The van der Waals surface area contributed by atoms with Crippen LogP contribution in [0.5, 0.6) is 0 Å². The van der Waals surface area contributed by atoms with Crippen LogP contribution in [0, 0.1) is 12.8 Å². The van der Waals surface area contributed by atoms with Gasteiger partial charge in [-0.2, -0.15) is 0 Å². The lowest BCUT2D eigenvalue weighted by Gasteiger charge is -2.16. The highest BCUT2D eigenvalue weighted by Gasteiger charge is 2.12. The molecule has 94 valence electrons. The quantitative estimate of drug-likeness (QED) is 0.867. The molecule has 1 unspecified atom stereocenters. The average Bonchev–Trinajstić information content (AvgIpc) is 2.25. The van der Waals surface area contributed by atoms with E-state index in [9.17, 15) is 4.79 Å². The van der Waals surface area contributed by atoms with Crippen LogP contribution >= 0.6 is 11.6 Å². The summed E-state index contributed by atoms with van der Waals surface area (Å²) in [5, 5.41) is 3.47. The highest BCUT2D eigenvalue weighted by Crippen LogP contribution is 2.15. The fourth-order valence-electron chi connectivity index (χ4n) is 1.42. The van der Waals surface area contributed by atoms with Gasteiger partial charge in [0.2, 0.25) is 0 Å². The molecular formula is C13H19ClN2O. The predicted octanol–water partition coefficient (Wildman–Crippen LogP) is 2.36. The Balaban J connectivity index is 2.64. The molecule has 1 atom stereocenters. The van der Waals surface area contributed by atoms with Crippen molar-refractivity contribution in [2.24, 2.45) is 11.7 Å². The molecule has 0 saturated carbocycles. The molecule has 0 spiro atoms. The SMILES string of the molecule is Cc1cc(Cl)ccc1C(=O)NCC(N)C(C)C. The molecule has 0 heterocycles. The second-order valence-corrected chi connectivity index (χ2v) is 5.01. The van der Waals surface area contributed by atoms with E-state index in [-0.39, 0.29) is 11.9 Å². The first-order valence-corrected chi connectivity index (χ1v) is 6.09. The van der Waals surface area contributed by atoms with Gasteiger partial charge in [0.15, 0.2) is 0 Å². The summed E-state index contributed by atoms with van der Waals surface area (Å²) in [6.07, 6.45) is 0. The van der Waals surface area contributed by atoms with E-state index in [2.05, 4.69) is 5.32 Å². The zero-order valence-corrected chi connectivity index (χ0v) is 11.2. The Bertz CT molecular complexity index is 404. The lowest BCUT2D eigenvalue weighted by Crippen LogP contribution is -2.40. The molecule has 1 rings (SSSR count). The Labute approximate surface area is 107 Å². The minimum Gasteiger partial charge on any atom is -0.350 e. The summed E-state index contributed by atoms with van der Waals surface area (Å²) in [5.41, 5.74) is 7.38. The van der Waals surface area contributed by atoms with Gasteiger partial charge in [-0.3, -0.25) is 4.79 Å². The van der Waals surface area contributed by atoms with Crippen molar-refractivity contribution >= 4 is 17.5 Å². The largest absolute Gasteiger partial charge is 0.350 e. The lowest BCUT2D eigenvalue weighted by atomic mass is 10.0. The Morgan fingerprint density at radius 2 is 2.12 bits per heavy atom. The number of hydrogen-bond acceptors (Lipinski definition) is 2. The second-order valence-electron chi connectivity index (χ2n) is 4.58. The maximum absolute atomic E-state index is 11.9. The minimum atomic E-state index is -0.102. The van der Waals surface area contributed by atoms with Gasteiger partial charge in [0.05, 0.1) is 0 Å². The summed E-state index contributed by atoms with van der Waals surface area (Å²) in [5.74, 6) is 0.247. The predicted molar refractivity (Wildman–Crippen MR) is 71.3 cm³/mol. The van der Waals surface area contributed by atoms with E-state index in [1.54, 1.807) is 18.2 Å². The fourth-order valence-corrected chi connectivity index (χ4v) is 1.65. The first-order chi connectivity index (χ1) is 7.91. The van der Waals surface area contributed by atoms with Crippen LogP contribution in [0.25, 0.3) is 0 Å². The number of aryl methyl sites for hydroxylation is 1. The highest BCUT2D eigenvalue weighted by molar-refractivity contribution is 6.30. The normalized spacial score (nSPS) is 12.6. The molecule has 0 bridgehead atoms. The van der Waals surface area contributed by atoms with Crippen molar-refractivity contribution < 1.29 is 4.79 Å². The topological polar surface area (TPSA) is 55.1 Å². The average molecular weight is 255 g/mol. The van der Waals surface area contributed by atoms with Crippen LogP contribution in [0.4, 0.5) is 0 Å². The smallest absolute Gasteiger partial charge is 0.251 e. The van der Waals surface area contributed by atoms with Crippen molar-refractivity contribution in [1.29, 1.82) is 0 Å². The van der Waals surface area contributed by atoms with Gasteiger partial charge in [-0.05, 0) is 36.6 Å². The molecule has 0 fully saturated rings. The lowest BCUT2D eigenvalue weighted by molar-refractivity contribution is 0.0948. The Morgan fingerprint density at radius 1 is 1.47 bits per heavy atom. The summed E-state index contributed by atoms with van der Waals surface area (Å²) < 4.78 is 0. The van der Waals surface area contributed by atoms with Gasteiger partial charge in [-0.1, -0.05) is 25.4 Å². The second kappa shape index (κ2) is 6.03. The summed E-state index contributed by atoms with van der Waals surface area (Å²) in [7, 11) is 0. The van der Waals surface area contributed by atoms with Crippen LogP contribution in [-0.2, 0) is 0 Å². The zero-order valence-electron chi connectivity index (χ0n) is 10.5. The van der Waals surface area contributed by atoms with Crippen molar-refractivity contribution in [1.82, 2.24) is 5.32 Å². The first kappa shape index (κ1) is 14.0. The fraction of sp³-hybridized carbons (Fsp3) is 0.462. The number of nitrogens with two attached hydrogens (primary N) is 1. The number of halogens is 1. The molecule has 0 radical (unpaired) electrons. The molecule has 1 aromatic carbocycles. The third kappa shape index (κ3) is 4.02. The molecule has 0 aliphatic carbocycles. The van der Waals surface area contributed by atoms with E-state index in [0.29, 0.717) is 23.0 Å². The highest BCUT2D eigenvalue weighted by atomic mass is 35.5. The molecule has 1 amide bonds. The number of carbonyl (C=O) groups is 1. The van der Waals surface area contributed by atoms with Crippen LogP contribution in [0.3, 0.4) is 0 Å². The van der Waals surface area contributed by atoms with Crippen LogP contribution in [0.1, 0.15) is 29.8 Å². The number of rotatable bonds is 4. The third-order valence-corrected chi connectivity index (χ3v) is 3.02. The van der Waals surface area contributed by atoms with E-state index in [4.69, 9.17) is 17.3 Å². The molecule has 17 heavy (non-hydrogen) atoms. The number of amides is 1. The van der Waals surface area contributed by atoms with Crippen LogP contribution in [0.2, 0.25) is 5.02 Å². The standard InChI is InChI=1S/C13H19ClN2O/c1-8(2)12(15)7-16-13(17)11-5-4-10(14)6-9(11)3/h4-6,8,12H,7,15H2,1-3H3,(H,16,17). The van der Waals surface area contributed by atoms with Gasteiger partial charge in [-0.25, -0.2) is 0 Å². The zero-order chi connectivity index (χ0) is 13.0. The van der Waals surface area contributed by atoms with Gasteiger partial charge in [0.1, 0.15) is 0 Å². The molecule has 0 aliphatic rings. The molecule has 1 aromatic rings. The molecule has 0 saturated heterocycles. The van der Waals surface area contributed by atoms with Gasteiger partial charge >= 0.3 is 0 Å². The van der Waals surface area contributed by atoms with Gasteiger partial charge in [0, 0.05) is 23.2 Å². The number of benzene rings is 1. The molecule has 0 aliphatic heterocycles. The summed E-state index contributed by atoms with van der Waals surface area (Å²) >= 11 is 5.84. The van der Waals surface area contributed by atoms with Crippen molar-refractivity contribution in [3.8, 4) is 0 Å². The third-order valence-electron chi connectivity index (χ3n) is 2.79. The Morgan fingerprint density at radius 3 is 2.65 bits per heavy atom. The van der Waals surface area contributed by atoms with E-state index in [1.807, 2.05) is 20.8 Å². The Hall–Kier alpha value is -1.06. The molecule has 3 nitrogen and oxygen atoms in total. The summed E-state index contributed by atoms with van der Waals surface area (Å²) in [6, 6.07) is 5.20. The minimum absolute atomic E-state index is 0.0217. The molecular weight excluding hydrogens is 236 g/mol. The molecule has 4 heteroatoms. The number of hydrogen-bond donors (Lipinski definition) is 2. The van der Waals surface area contributed by atoms with Crippen molar-refractivity contribution in [2.75, 3.05) is 6.54 Å². The number of carbonyl (C=O) groups excluding carboxylic acids is 1. The van der Waals surface area contributed by atoms with Crippen LogP contribution in [0.15, 0.2) is 18.2 Å².